The third-order valence-corrected chi connectivity index (χ3v) is 3.09. The van der Waals surface area contributed by atoms with Crippen LogP contribution in [-0.2, 0) is 14.3 Å². The first-order valence-corrected chi connectivity index (χ1v) is 6.84. The first kappa shape index (κ1) is 15.2. The Balaban J connectivity index is 2.00. The van der Waals surface area contributed by atoms with E-state index in [0.29, 0.717) is 11.1 Å². The summed E-state index contributed by atoms with van der Waals surface area (Å²) in [7, 11) is 1.25. The van der Waals surface area contributed by atoms with Crippen LogP contribution in [0.4, 0.5) is 6.01 Å². The molecule has 8 heteroatoms. The second-order valence-corrected chi connectivity index (χ2v) is 4.53. The summed E-state index contributed by atoms with van der Waals surface area (Å²) in [6.07, 6.45) is 0. The van der Waals surface area contributed by atoms with Crippen LogP contribution < -0.4 is 10.6 Å². The highest BCUT2D eigenvalue weighted by atomic mass is 32.1. The van der Waals surface area contributed by atoms with Crippen molar-refractivity contribution < 1.29 is 18.7 Å². The van der Waals surface area contributed by atoms with Gasteiger partial charge in [0.25, 0.3) is 6.01 Å². The molecule has 1 amide bonds. The number of benzene rings is 1. The Hall–Kier alpha value is -2.22. The van der Waals surface area contributed by atoms with Crippen molar-refractivity contribution in [2.75, 3.05) is 24.7 Å². The largest absolute Gasteiger partial charge is 0.468 e. The van der Waals surface area contributed by atoms with Crippen molar-refractivity contribution in [1.82, 2.24) is 10.3 Å². The summed E-state index contributed by atoms with van der Waals surface area (Å²) in [5.74, 6) is -0.702. The number of hydrogen-bond donors (Lipinski definition) is 3. The molecule has 0 spiro atoms. The molecule has 1 atom stereocenters. The van der Waals surface area contributed by atoms with Crippen LogP contribution >= 0.6 is 12.6 Å². The number of nitrogens with zero attached hydrogens (tertiary/aromatic N) is 1. The highest BCUT2D eigenvalue weighted by molar-refractivity contribution is 7.80. The molecule has 2 rings (SSSR count). The van der Waals surface area contributed by atoms with Crippen LogP contribution in [0.3, 0.4) is 0 Å². The van der Waals surface area contributed by atoms with Gasteiger partial charge in [-0.1, -0.05) is 12.1 Å². The molecule has 7 nitrogen and oxygen atoms in total. The quantitative estimate of drug-likeness (QED) is 0.540. The van der Waals surface area contributed by atoms with Crippen LogP contribution in [0.5, 0.6) is 0 Å². The molecule has 1 aromatic heterocycles. The molecular weight excluding hydrogens is 294 g/mol. The van der Waals surface area contributed by atoms with E-state index in [0.717, 1.165) is 0 Å². The molecule has 0 aliphatic heterocycles. The third kappa shape index (κ3) is 3.88. The molecule has 0 radical (unpaired) electrons. The van der Waals surface area contributed by atoms with Gasteiger partial charge in [-0.25, -0.2) is 0 Å². The fourth-order valence-electron chi connectivity index (χ4n) is 1.63. The minimum atomic E-state index is -0.675. The van der Waals surface area contributed by atoms with Crippen LogP contribution in [-0.4, -0.2) is 42.3 Å². The molecule has 2 aromatic rings. The number of oxazole rings is 1. The fourth-order valence-corrected chi connectivity index (χ4v) is 1.89. The van der Waals surface area contributed by atoms with Gasteiger partial charge in [0, 0.05) is 5.75 Å². The molecule has 1 aromatic carbocycles. The van der Waals surface area contributed by atoms with Crippen molar-refractivity contribution in [1.29, 1.82) is 0 Å². The summed E-state index contributed by atoms with van der Waals surface area (Å²) in [5, 5.41) is 5.29. The zero-order valence-corrected chi connectivity index (χ0v) is 12.2. The normalized spacial score (nSPS) is 11.9. The molecule has 0 fully saturated rings. The average Bonchev–Trinajstić information content (AvgIpc) is 2.92. The lowest BCUT2D eigenvalue weighted by Gasteiger charge is -2.14. The lowest BCUT2D eigenvalue weighted by Crippen LogP contribution is -2.43. The van der Waals surface area contributed by atoms with Gasteiger partial charge in [0.15, 0.2) is 5.58 Å². The second-order valence-electron chi connectivity index (χ2n) is 4.16. The molecule has 0 aliphatic carbocycles. The van der Waals surface area contributed by atoms with Gasteiger partial charge in [0.2, 0.25) is 5.91 Å². The van der Waals surface area contributed by atoms with Gasteiger partial charge < -0.3 is 19.8 Å². The van der Waals surface area contributed by atoms with Crippen molar-refractivity contribution in [3.8, 4) is 0 Å². The van der Waals surface area contributed by atoms with E-state index >= 15 is 0 Å². The zero-order valence-electron chi connectivity index (χ0n) is 11.3. The van der Waals surface area contributed by atoms with Crippen molar-refractivity contribution >= 4 is 41.6 Å². The first-order valence-electron chi connectivity index (χ1n) is 6.21. The first-order chi connectivity index (χ1) is 10.1. The number of aromatic nitrogens is 1. The molecule has 2 N–H and O–H groups in total. The highest BCUT2D eigenvalue weighted by Crippen LogP contribution is 2.18. The number of anilines is 1. The number of ether oxygens (including phenoxy) is 1. The molecule has 0 saturated carbocycles. The van der Waals surface area contributed by atoms with Crippen LogP contribution in [0.15, 0.2) is 28.7 Å². The molecule has 0 aliphatic rings. The van der Waals surface area contributed by atoms with E-state index in [-0.39, 0.29) is 18.3 Å². The number of methoxy groups -OCH3 is 1. The lowest BCUT2D eigenvalue weighted by molar-refractivity contribution is -0.141. The van der Waals surface area contributed by atoms with Crippen molar-refractivity contribution in [3.63, 3.8) is 0 Å². The predicted octanol–water partition coefficient (Wildman–Crippen LogP) is 0.827. The van der Waals surface area contributed by atoms with Crippen molar-refractivity contribution in [2.24, 2.45) is 0 Å². The SMILES string of the molecule is COC(=O)CNC(=O)C(CS)Nc1nc2ccccc2o1. The number of hydrogen-bond acceptors (Lipinski definition) is 7. The number of fused-ring (bicyclic) bond motifs is 1. The van der Waals surface area contributed by atoms with Crippen LogP contribution in [0, 0.1) is 0 Å². The summed E-state index contributed by atoms with van der Waals surface area (Å²) in [4.78, 5) is 27.1. The van der Waals surface area contributed by atoms with Crippen LogP contribution in [0.2, 0.25) is 0 Å². The summed E-state index contributed by atoms with van der Waals surface area (Å²) in [6, 6.07) is 6.80. The van der Waals surface area contributed by atoms with Crippen LogP contribution in [0.1, 0.15) is 0 Å². The number of para-hydroxylation sites is 2. The van der Waals surface area contributed by atoms with E-state index in [2.05, 4.69) is 33.0 Å². The summed E-state index contributed by atoms with van der Waals surface area (Å²) >= 11 is 4.11. The number of rotatable bonds is 6. The molecule has 0 saturated heterocycles. The Labute approximate surface area is 126 Å². The predicted molar refractivity (Wildman–Crippen MR) is 80.3 cm³/mol. The number of thiol groups is 1. The van der Waals surface area contributed by atoms with Gasteiger partial charge in [-0.15, -0.1) is 0 Å². The van der Waals surface area contributed by atoms with E-state index < -0.39 is 17.9 Å². The molecule has 0 bridgehead atoms. The second kappa shape index (κ2) is 6.98. The van der Waals surface area contributed by atoms with E-state index in [1.54, 1.807) is 12.1 Å². The van der Waals surface area contributed by atoms with E-state index in [1.807, 2.05) is 12.1 Å². The van der Waals surface area contributed by atoms with Gasteiger partial charge in [-0.3, -0.25) is 9.59 Å². The fraction of sp³-hybridized carbons (Fsp3) is 0.308. The third-order valence-electron chi connectivity index (χ3n) is 2.73. The van der Waals surface area contributed by atoms with E-state index in [1.165, 1.54) is 7.11 Å². The van der Waals surface area contributed by atoms with E-state index in [4.69, 9.17) is 4.42 Å². The topological polar surface area (TPSA) is 93.5 Å². The number of amides is 1. The summed E-state index contributed by atoms with van der Waals surface area (Å²) in [6.45, 7) is -0.200. The molecule has 112 valence electrons. The smallest absolute Gasteiger partial charge is 0.325 e. The van der Waals surface area contributed by atoms with E-state index in [9.17, 15) is 9.59 Å². The summed E-state index contributed by atoms with van der Waals surface area (Å²) < 4.78 is 9.92. The maximum absolute atomic E-state index is 11.9. The number of nitrogens with one attached hydrogen (secondary N) is 2. The molecular formula is C13H15N3O4S. The maximum Gasteiger partial charge on any atom is 0.325 e. The Morgan fingerprint density at radius 3 is 2.86 bits per heavy atom. The minimum absolute atomic E-state index is 0.200. The highest BCUT2D eigenvalue weighted by Gasteiger charge is 2.19. The standard InChI is InChI=1S/C13H15N3O4S/c1-19-11(17)6-14-12(18)9(7-21)16-13-15-8-4-2-3-5-10(8)20-13/h2-5,9,21H,6-7H2,1H3,(H,14,18)(H,15,16). The van der Waals surface area contributed by atoms with Crippen LogP contribution in [0.25, 0.3) is 11.1 Å². The van der Waals surface area contributed by atoms with Gasteiger partial charge >= 0.3 is 5.97 Å². The Morgan fingerprint density at radius 2 is 2.19 bits per heavy atom. The molecule has 1 unspecified atom stereocenters. The molecule has 1 heterocycles. The summed E-state index contributed by atoms with van der Waals surface area (Å²) in [5.41, 5.74) is 1.31. The number of esters is 1. The Kier molecular flexibility index (Phi) is 5.04. The lowest BCUT2D eigenvalue weighted by atomic mass is 10.3. The van der Waals surface area contributed by atoms with Crippen molar-refractivity contribution in [3.05, 3.63) is 24.3 Å². The monoisotopic (exact) mass is 309 g/mol. The van der Waals surface area contributed by atoms with Gasteiger partial charge in [-0.2, -0.15) is 17.6 Å². The van der Waals surface area contributed by atoms with Gasteiger partial charge in [0.05, 0.1) is 7.11 Å². The zero-order chi connectivity index (χ0) is 15.2. The Morgan fingerprint density at radius 1 is 1.43 bits per heavy atom. The molecule has 21 heavy (non-hydrogen) atoms. The maximum atomic E-state index is 11.9. The average molecular weight is 309 g/mol. The number of carbonyl (C=O) groups is 2. The van der Waals surface area contributed by atoms with Crippen molar-refractivity contribution in [2.45, 2.75) is 6.04 Å². The van der Waals surface area contributed by atoms with Gasteiger partial charge in [-0.05, 0) is 12.1 Å². The number of carbonyl (C=O) groups excluding carboxylic acids is 2. The minimum Gasteiger partial charge on any atom is -0.468 e. The Bertz CT molecular complexity index is 610. The van der Waals surface area contributed by atoms with Gasteiger partial charge in [0.1, 0.15) is 18.1 Å².